The second-order valence-corrected chi connectivity index (χ2v) is 5.96. The van der Waals surface area contributed by atoms with E-state index in [1.54, 1.807) is 7.11 Å². The van der Waals surface area contributed by atoms with Gasteiger partial charge in [-0.25, -0.2) is 0 Å². The summed E-state index contributed by atoms with van der Waals surface area (Å²) in [6.45, 7) is 7.03. The van der Waals surface area contributed by atoms with E-state index in [4.69, 9.17) is 9.47 Å². The van der Waals surface area contributed by atoms with Crippen LogP contribution in [0.25, 0.3) is 0 Å². The van der Waals surface area contributed by atoms with Crippen molar-refractivity contribution in [1.29, 1.82) is 0 Å². The first kappa shape index (κ1) is 12.9. The summed E-state index contributed by atoms with van der Waals surface area (Å²) in [6.07, 6.45) is 2.50. The van der Waals surface area contributed by atoms with Crippen LogP contribution in [-0.4, -0.2) is 32.9 Å². The van der Waals surface area contributed by atoms with Crippen LogP contribution >= 0.6 is 0 Å². The lowest BCUT2D eigenvalue weighted by atomic mass is 9.70. The molecular weight excluding hydrogens is 238 g/mol. The van der Waals surface area contributed by atoms with Gasteiger partial charge in [-0.15, -0.1) is 0 Å². The fourth-order valence-electron chi connectivity index (χ4n) is 3.62. The number of benzene rings is 1. The van der Waals surface area contributed by atoms with Crippen LogP contribution in [0, 0.1) is 13.8 Å². The number of hydrogen-bond donors (Lipinski definition) is 1. The topological polar surface area (TPSA) is 30.5 Å². The average molecular weight is 261 g/mol. The van der Waals surface area contributed by atoms with Crippen LogP contribution in [0.4, 0.5) is 0 Å². The summed E-state index contributed by atoms with van der Waals surface area (Å²) in [5.74, 6) is 1.04. The van der Waals surface area contributed by atoms with Crippen molar-refractivity contribution in [3.63, 3.8) is 0 Å². The van der Waals surface area contributed by atoms with E-state index in [0.29, 0.717) is 6.04 Å². The molecule has 1 aromatic carbocycles. The fraction of sp³-hybridized carbons (Fsp3) is 0.625. The van der Waals surface area contributed by atoms with Gasteiger partial charge in [0, 0.05) is 11.6 Å². The first-order valence-corrected chi connectivity index (χ1v) is 7.14. The Kier molecular flexibility index (Phi) is 3.27. The molecule has 1 unspecified atom stereocenters. The summed E-state index contributed by atoms with van der Waals surface area (Å²) in [4.78, 5) is 0. The summed E-state index contributed by atoms with van der Waals surface area (Å²) in [5.41, 5.74) is 3.97. The van der Waals surface area contributed by atoms with Gasteiger partial charge in [0.05, 0.1) is 25.7 Å². The molecule has 1 N–H and O–H groups in total. The Morgan fingerprint density at radius 1 is 1.32 bits per heavy atom. The van der Waals surface area contributed by atoms with E-state index in [9.17, 15) is 0 Å². The van der Waals surface area contributed by atoms with Crippen LogP contribution in [0.1, 0.15) is 29.5 Å². The van der Waals surface area contributed by atoms with Crippen molar-refractivity contribution < 1.29 is 9.47 Å². The third kappa shape index (κ3) is 1.96. The fourth-order valence-corrected chi connectivity index (χ4v) is 3.62. The number of methoxy groups -OCH3 is 1. The third-order valence-corrected chi connectivity index (χ3v) is 4.61. The van der Waals surface area contributed by atoms with Crippen LogP contribution < -0.4 is 10.1 Å². The molecule has 104 valence electrons. The van der Waals surface area contributed by atoms with Crippen molar-refractivity contribution in [2.24, 2.45) is 0 Å². The molecule has 0 spiro atoms. The molecule has 3 nitrogen and oxygen atoms in total. The van der Waals surface area contributed by atoms with Gasteiger partial charge in [-0.05, 0) is 38.8 Å². The Labute approximate surface area is 115 Å². The minimum Gasteiger partial charge on any atom is -0.496 e. The van der Waals surface area contributed by atoms with Crippen molar-refractivity contribution in [3.05, 3.63) is 28.8 Å². The standard InChI is InChI=1S/C16H23NO2/c1-11-7-12(2)15(18-3)13(8-11)16(9-19-10-16)14-5-4-6-17-14/h7-8,14,17H,4-6,9-10H2,1-3H3. The molecule has 2 aliphatic rings. The Hall–Kier alpha value is -1.06. The summed E-state index contributed by atoms with van der Waals surface area (Å²) in [5, 5.41) is 3.65. The zero-order valence-corrected chi connectivity index (χ0v) is 12.1. The highest BCUT2D eigenvalue weighted by Crippen LogP contribution is 2.44. The Balaban J connectivity index is 2.08. The van der Waals surface area contributed by atoms with E-state index in [1.807, 2.05) is 0 Å². The number of rotatable bonds is 3. The summed E-state index contributed by atoms with van der Waals surface area (Å²) >= 11 is 0. The number of hydrogen-bond acceptors (Lipinski definition) is 3. The van der Waals surface area contributed by atoms with Gasteiger partial charge < -0.3 is 14.8 Å². The predicted molar refractivity (Wildman–Crippen MR) is 76.0 cm³/mol. The molecule has 19 heavy (non-hydrogen) atoms. The van der Waals surface area contributed by atoms with E-state index in [2.05, 4.69) is 31.3 Å². The zero-order chi connectivity index (χ0) is 13.5. The van der Waals surface area contributed by atoms with Crippen molar-refractivity contribution in [1.82, 2.24) is 5.32 Å². The Morgan fingerprint density at radius 3 is 2.63 bits per heavy atom. The molecule has 0 bridgehead atoms. The van der Waals surface area contributed by atoms with Gasteiger partial charge in [0.25, 0.3) is 0 Å². The normalized spacial score (nSPS) is 25.1. The molecule has 1 aromatic rings. The molecule has 0 amide bonds. The molecule has 0 radical (unpaired) electrons. The molecule has 3 rings (SSSR count). The van der Waals surface area contributed by atoms with Gasteiger partial charge in [0.1, 0.15) is 5.75 Å². The van der Waals surface area contributed by atoms with Crippen LogP contribution in [-0.2, 0) is 10.2 Å². The maximum atomic E-state index is 5.69. The zero-order valence-electron chi connectivity index (χ0n) is 12.1. The van der Waals surface area contributed by atoms with Crippen LogP contribution in [0.15, 0.2) is 12.1 Å². The van der Waals surface area contributed by atoms with E-state index in [-0.39, 0.29) is 5.41 Å². The monoisotopic (exact) mass is 261 g/mol. The highest BCUT2D eigenvalue weighted by atomic mass is 16.5. The maximum Gasteiger partial charge on any atom is 0.125 e. The number of aryl methyl sites for hydroxylation is 2. The molecule has 0 aromatic heterocycles. The van der Waals surface area contributed by atoms with Crippen molar-refractivity contribution >= 4 is 0 Å². The summed E-state index contributed by atoms with van der Waals surface area (Å²) < 4.78 is 11.3. The van der Waals surface area contributed by atoms with Crippen LogP contribution in [0.5, 0.6) is 5.75 Å². The molecule has 2 heterocycles. The lowest BCUT2D eigenvalue weighted by molar-refractivity contribution is -0.0770. The third-order valence-electron chi connectivity index (χ3n) is 4.61. The Bertz CT molecular complexity index is 474. The lowest BCUT2D eigenvalue weighted by Gasteiger charge is -2.47. The first-order valence-electron chi connectivity index (χ1n) is 7.14. The Morgan fingerprint density at radius 2 is 2.11 bits per heavy atom. The summed E-state index contributed by atoms with van der Waals surface area (Å²) in [7, 11) is 1.77. The smallest absolute Gasteiger partial charge is 0.125 e. The molecule has 1 atom stereocenters. The predicted octanol–water partition coefficient (Wildman–Crippen LogP) is 2.33. The van der Waals surface area contributed by atoms with Gasteiger partial charge in [-0.1, -0.05) is 17.7 Å². The quantitative estimate of drug-likeness (QED) is 0.906. The van der Waals surface area contributed by atoms with E-state index in [0.717, 1.165) is 25.5 Å². The van der Waals surface area contributed by atoms with Crippen LogP contribution in [0.3, 0.4) is 0 Å². The van der Waals surface area contributed by atoms with Crippen molar-refractivity contribution in [2.45, 2.75) is 38.1 Å². The lowest BCUT2D eigenvalue weighted by Crippen LogP contribution is -2.58. The summed E-state index contributed by atoms with van der Waals surface area (Å²) in [6, 6.07) is 5.00. The maximum absolute atomic E-state index is 5.69. The first-order chi connectivity index (χ1) is 9.17. The highest BCUT2D eigenvalue weighted by molar-refractivity contribution is 5.50. The molecule has 3 heteroatoms. The molecule has 2 saturated heterocycles. The van der Waals surface area contributed by atoms with Crippen molar-refractivity contribution in [3.8, 4) is 5.75 Å². The second kappa shape index (κ2) is 4.80. The number of nitrogens with one attached hydrogen (secondary N) is 1. The molecule has 2 aliphatic heterocycles. The number of ether oxygens (including phenoxy) is 2. The molecule has 2 fully saturated rings. The second-order valence-electron chi connectivity index (χ2n) is 5.96. The average Bonchev–Trinajstić information content (AvgIpc) is 2.81. The van der Waals surface area contributed by atoms with Crippen molar-refractivity contribution in [2.75, 3.05) is 26.9 Å². The largest absolute Gasteiger partial charge is 0.496 e. The van der Waals surface area contributed by atoms with Gasteiger partial charge in [0.2, 0.25) is 0 Å². The van der Waals surface area contributed by atoms with Gasteiger partial charge in [-0.3, -0.25) is 0 Å². The van der Waals surface area contributed by atoms with Crippen LogP contribution in [0.2, 0.25) is 0 Å². The van der Waals surface area contributed by atoms with Gasteiger partial charge in [0.15, 0.2) is 0 Å². The van der Waals surface area contributed by atoms with Gasteiger partial charge in [-0.2, -0.15) is 0 Å². The van der Waals surface area contributed by atoms with E-state index in [1.165, 1.54) is 29.5 Å². The molecular formula is C16H23NO2. The molecule has 0 saturated carbocycles. The molecule has 0 aliphatic carbocycles. The highest BCUT2D eigenvalue weighted by Gasteiger charge is 2.49. The van der Waals surface area contributed by atoms with E-state index < -0.39 is 0 Å². The SMILES string of the molecule is COc1c(C)cc(C)cc1C1(C2CCCN2)COC1. The van der Waals surface area contributed by atoms with Gasteiger partial charge >= 0.3 is 0 Å². The minimum atomic E-state index is 0.110. The minimum absolute atomic E-state index is 0.110. The van der Waals surface area contributed by atoms with E-state index >= 15 is 0 Å².